The summed E-state index contributed by atoms with van der Waals surface area (Å²) in [5, 5.41) is 1.12. The molecule has 0 saturated heterocycles. The van der Waals surface area contributed by atoms with Crippen molar-refractivity contribution in [2.45, 2.75) is 13.5 Å². The molecule has 0 spiro atoms. The zero-order valence-corrected chi connectivity index (χ0v) is 10.7. The van der Waals surface area contributed by atoms with Crippen LogP contribution in [0.25, 0.3) is 10.6 Å². The molecule has 84 valence electrons. The summed E-state index contributed by atoms with van der Waals surface area (Å²) in [6.45, 7) is 3.05. The molecule has 1 heterocycles. The van der Waals surface area contributed by atoms with E-state index in [4.69, 9.17) is 4.98 Å². The van der Waals surface area contributed by atoms with Crippen molar-refractivity contribution in [3.63, 3.8) is 0 Å². The zero-order valence-electron chi connectivity index (χ0n) is 9.90. The van der Waals surface area contributed by atoms with Crippen molar-refractivity contribution in [1.82, 2.24) is 9.88 Å². The minimum absolute atomic E-state index is 0.912. The molecular formula is C13H16N2S. The second-order valence-electron chi connectivity index (χ2n) is 4.13. The molecule has 2 aromatic rings. The summed E-state index contributed by atoms with van der Waals surface area (Å²) >= 11 is 1.77. The number of benzene rings is 1. The summed E-state index contributed by atoms with van der Waals surface area (Å²) in [6.07, 6.45) is 0. The largest absolute Gasteiger partial charge is 0.304 e. The molecule has 0 radical (unpaired) electrons. The Bertz CT molecular complexity index is 460. The van der Waals surface area contributed by atoms with Gasteiger partial charge < -0.3 is 4.90 Å². The van der Waals surface area contributed by atoms with Crippen molar-refractivity contribution < 1.29 is 0 Å². The van der Waals surface area contributed by atoms with Crippen LogP contribution in [0.1, 0.15) is 10.6 Å². The van der Waals surface area contributed by atoms with Gasteiger partial charge in [-0.2, -0.15) is 0 Å². The van der Waals surface area contributed by atoms with E-state index in [1.807, 2.05) is 6.07 Å². The number of aryl methyl sites for hydroxylation is 1. The lowest BCUT2D eigenvalue weighted by Crippen LogP contribution is -2.11. The molecule has 0 saturated carbocycles. The Hall–Kier alpha value is -1.19. The van der Waals surface area contributed by atoms with Gasteiger partial charge in [0, 0.05) is 17.0 Å². The van der Waals surface area contributed by atoms with Gasteiger partial charge in [0.2, 0.25) is 0 Å². The first-order valence-electron chi connectivity index (χ1n) is 5.33. The number of rotatable bonds is 3. The minimum atomic E-state index is 0.912. The summed E-state index contributed by atoms with van der Waals surface area (Å²) in [4.78, 5) is 8.16. The highest BCUT2D eigenvalue weighted by molar-refractivity contribution is 7.15. The predicted molar refractivity (Wildman–Crippen MR) is 69.7 cm³/mol. The molecule has 0 N–H and O–H groups in total. The van der Waals surface area contributed by atoms with Gasteiger partial charge in [-0.25, -0.2) is 4.98 Å². The summed E-state index contributed by atoms with van der Waals surface area (Å²) < 4.78 is 0. The molecule has 0 atom stereocenters. The molecule has 0 bridgehead atoms. The zero-order chi connectivity index (χ0) is 11.5. The molecular weight excluding hydrogens is 216 g/mol. The van der Waals surface area contributed by atoms with E-state index in [1.165, 1.54) is 16.1 Å². The molecule has 0 aliphatic heterocycles. The summed E-state index contributed by atoms with van der Waals surface area (Å²) in [6, 6.07) is 10.4. The quantitative estimate of drug-likeness (QED) is 0.808. The van der Waals surface area contributed by atoms with E-state index in [-0.39, 0.29) is 0 Å². The molecule has 0 aliphatic carbocycles. The second kappa shape index (κ2) is 4.76. The van der Waals surface area contributed by atoms with Gasteiger partial charge in [0.15, 0.2) is 0 Å². The molecule has 3 heteroatoms. The monoisotopic (exact) mass is 232 g/mol. The van der Waals surface area contributed by atoms with Crippen LogP contribution in [-0.4, -0.2) is 24.0 Å². The smallest absolute Gasteiger partial charge is 0.123 e. The Labute approximate surface area is 101 Å². The Morgan fingerprint density at radius 2 is 1.88 bits per heavy atom. The Balaban J connectivity index is 2.31. The second-order valence-corrected chi connectivity index (χ2v) is 5.33. The van der Waals surface area contributed by atoms with Gasteiger partial charge in [-0.1, -0.05) is 30.3 Å². The molecule has 1 aromatic heterocycles. The highest BCUT2D eigenvalue weighted by Crippen LogP contribution is 2.27. The van der Waals surface area contributed by atoms with Crippen LogP contribution in [0.4, 0.5) is 0 Å². The standard InChI is InChI=1S/C13H16N2S/c1-10-12(9-15(2)3)14-13(16-10)11-7-5-4-6-8-11/h4-8H,9H2,1-3H3. The highest BCUT2D eigenvalue weighted by atomic mass is 32.1. The molecule has 0 fully saturated rings. The Morgan fingerprint density at radius 1 is 1.19 bits per heavy atom. The molecule has 0 aliphatic rings. The number of aromatic nitrogens is 1. The molecule has 2 rings (SSSR count). The van der Waals surface area contributed by atoms with E-state index in [1.54, 1.807) is 11.3 Å². The van der Waals surface area contributed by atoms with Crippen LogP contribution < -0.4 is 0 Å². The van der Waals surface area contributed by atoms with Crippen LogP contribution in [-0.2, 0) is 6.54 Å². The summed E-state index contributed by atoms with van der Waals surface area (Å²) in [5.41, 5.74) is 2.40. The SMILES string of the molecule is Cc1sc(-c2ccccc2)nc1CN(C)C. The first-order valence-corrected chi connectivity index (χ1v) is 6.15. The summed E-state index contributed by atoms with van der Waals surface area (Å²) in [7, 11) is 4.14. The van der Waals surface area contributed by atoms with Crippen molar-refractivity contribution in [3.05, 3.63) is 40.9 Å². The van der Waals surface area contributed by atoms with Gasteiger partial charge in [-0.3, -0.25) is 0 Å². The first-order chi connectivity index (χ1) is 7.66. The first kappa shape index (κ1) is 11.3. The average Bonchev–Trinajstić information content (AvgIpc) is 2.61. The van der Waals surface area contributed by atoms with Crippen molar-refractivity contribution in [2.75, 3.05) is 14.1 Å². The normalized spacial score (nSPS) is 11.0. The lowest BCUT2D eigenvalue weighted by Gasteiger charge is -2.06. The van der Waals surface area contributed by atoms with Crippen LogP contribution in [0.3, 0.4) is 0 Å². The van der Waals surface area contributed by atoms with Crippen molar-refractivity contribution in [1.29, 1.82) is 0 Å². The number of thiazole rings is 1. The van der Waals surface area contributed by atoms with E-state index in [9.17, 15) is 0 Å². The maximum Gasteiger partial charge on any atom is 0.123 e. The molecule has 0 amide bonds. The van der Waals surface area contributed by atoms with E-state index in [0.29, 0.717) is 0 Å². The fourth-order valence-electron chi connectivity index (χ4n) is 1.58. The van der Waals surface area contributed by atoms with Gasteiger partial charge in [0.25, 0.3) is 0 Å². The van der Waals surface area contributed by atoms with Crippen molar-refractivity contribution >= 4 is 11.3 Å². The topological polar surface area (TPSA) is 16.1 Å². The molecule has 16 heavy (non-hydrogen) atoms. The van der Waals surface area contributed by atoms with E-state index in [2.05, 4.69) is 50.2 Å². The number of hydrogen-bond donors (Lipinski definition) is 0. The van der Waals surface area contributed by atoms with E-state index < -0.39 is 0 Å². The third-order valence-corrected chi connectivity index (χ3v) is 3.44. The lowest BCUT2D eigenvalue weighted by atomic mass is 10.2. The van der Waals surface area contributed by atoms with Crippen LogP contribution in [0.15, 0.2) is 30.3 Å². The van der Waals surface area contributed by atoms with Crippen molar-refractivity contribution in [3.8, 4) is 10.6 Å². The summed E-state index contributed by atoms with van der Waals surface area (Å²) in [5.74, 6) is 0. The van der Waals surface area contributed by atoms with Gasteiger partial charge in [-0.05, 0) is 21.0 Å². The van der Waals surface area contributed by atoms with Gasteiger partial charge in [0.1, 0.15) is 5.01 Å². The average molecular weight is 232 g/mol. The predicted octanol–water partition coefficient (Wildman–Crippen LogP) is 3.18. The van der Waals surface area contributed by atoms with Crippen molar-refractivity contribution in [2.24, 2.45) is 0 Å². The van der Waals surface area contributed by atoms with E-state index >= 15 is 0 Å². The van der Waals surface area contributed by atoms with Crippen LogP contribution in [0, 0.1) is 6.92 Å². The lowest BCUT2D eigenvalue weighted by molar-refractivity contribution is 0.397. The van der Waals surface area contributed by atoms with Gasteiger partial charge in [0.05, 0.1) is 5.69 Å². The Kier molecular flexibility index (Phi) is 3.36. The molecule has 2 nitrogen and oxygen atoms in total. The van der Waals surface area contributed by atoms with Crippen LogP contribution >= 0.6 is 11.3 Å². The fraction of sp³-hybridized carbons (Fsp3) is 0.308. The number of nitrogens with zero attached hydrogens (tertiary/aromatic N) is 2. The highest BCUT2D eigenvalue weighted by Gasteiger charge is 2.09. The maximum atomic E-state index is 4.70. The van der Waals surface area contributed by atoms with Gasteiger partial charge in [-0.15, -0.1) is 11.3 Å². The number of hydrogen-bond acceptors (Lipinski definition) is 3. The molecule has 1 aromatic carbocycles. The molecule has 0 unspecified atom stereocenters. The third kappa shape index (κ3) is 2.49. The Morgan fingerprint density at radius 3 is 2.50 bits per heavy atom. The van der Waals surface area contributed by atoms with E-state index in [0.717, 1.165) is 11.6 Å². The third-order valence-electron chi connectivity index (χ3n) is 2.38. The minimum Gasteiger partial charge on any atom is -0.304 e. The van der Waals surface area contributed by atoms with Crippen LogP contribution in [0.2, 0.25) is 0 Å². The maximum absolute atomic E-state index is 4.70. The van der Waals surface area contributed by atoms with Crippen LogP contribution in [0.5, 0.6) is 0 Å². The fourth-order valence-corrected chi connectivity index (χ4v) is 2.51. The van der Waals surface area contributed by atoms with Gasteiger partial charge >= 0.3 is 0 Å².